The number of aromatic nitrogens is 1. The Hall–Kier alpha value is -2.21. The molecule has 1 aromatic carbocycles. The Morgan fingerprint density at radius 1 is 1.10 bits per heavy atom. The van der Waals surface area contributed by atoms with Crippen LogP contribution < -0.4 is 10.6 Å². The molecule has 104 valence electrons. The largest absolute Gasteiger partial charge is 0.350 e. The number of amides is 2. The molecule has 2 amide bonds. The van der Waals surface area contributed by atoms with Crippen molar-refractivity contribution in [1.82, 2.24) is 15.6 Å². The summed E-state index contributed by atoms with van der Waals surface area (Å²) in [6, 6.07) is 8.96. The molecule has 0 aliphatic heterocycles. The van der Waals surface area contributed by atoms with Crippen LogP contribution in [0.5, 0.6) is 0 Å². The first kappa shape index (κ1) is 14.2. The van der Waals surface area contributed by atoms with Crippen LogP contribution in [-0.2, 0) is 0 Å². The lowest BCUT2D eigenvalue weighted by Gasteiger charge is -2.06. The molecule has 20 heavy (non-hydrogen) atoms. The van der Waals surface area contributed by atoms with E-state index in [0.717, 1.165) is 5.69 Å². The molecule has 0 aliphatic carbocycles. The van der Waals surface area contributed by atoms with Gasteiger partial charge >= 0.3 is 0 Å². The lowest BCUT2D eigenvalue weighted by atomic mass is 10.2. The molecule has 6 heteroatoms. The van der Waals surface area contributed by atoms with Crippen LogP contribution in [0, 0.1) is 6.92 Å². The van der Waals surface area contributed by atoms with E-state index in [0.29, 0.717) is 23.5 Å². The van der Waals surface area contributed by atoms with E-state index in [4.69, 9.17) is 0 Å². The zero-order valence-corrected chi connectivity index (χ0v) is 11.9. The van der Waals surface area contributed by atoms with Gasteiger partial charge in [0.05, 0.1) is 11.2 Å². The average molecular weight is 289 g/mol. The summed E-state index contributed by atoms with van der Waals surface area (Å²) in [6.45, 7) is 2.56. The van der Waals surface area contributed by atoms with Crippen LogP contribution in [0.1, 0.15) is 25.7 Å². The first-order valence-corrected chi connectivity index (χ1v) is 7.08. The van der Waals surface area contributed by atoms with E-state index in [1.54, 1.807) is 24.6 Å². The number of carbonyl (C=O) groups excluding carboxylic acids is 2. The molecule has 2 N–H and O–H groups in total. The Morgan fingerprint density at radius 3 is 2.35 bits per heavy atom. The van der Waals surface area contributed by atoms with Gasteiger partial charge in [-0.05, 0) is 19.1 Å². The SMILES string of the molecule is Cc1ncsc1C(=O)NCCNC(=O)c1ccccc1. The molecule has 0 aliphatic rings. The Labute approximate surface area is 121 Å². The van der Waals surface area contributed by atoms with Crippen LogP contribution in [0.3, 0.4) is 0 Å². The Bertz CT molecular complexity index is 595. The quantitative estimate of drug-likeness (QED) is 0.822. The Balaban J connectivity index is 1.73. The summed E-state index contributed by atoms with van der Waals surface area (Å²) in [6.07, 6.45) is 0. The summed E-state index contributed by atoms with van der Waals surface area (Å²) in [5, 5.41) is 5.50. The Kier molecular flexibility index (Phi) is 4.84. The van der Waals surface area contributed by atoms with Crippen molar-refractivity contribution in [2.45, 2.75) is 6.92 Å². The standard InChI is InChI=1S/C14H15N3O2S/c1-10-12(20-9-17-10)14(19)16-8-7-15-13(18)11-5-3-2-4-6-11/h2-6,9H,7-8H2,1H3,(H,15,18)(H,16,19). The number of thiazole rings is 1. The van der Waals surface area contributed by atoms with E-state index in [2.05, 4.69) is 15.6 Å². The molecule has 2 aromatic rings. The maximum Gasteiger partial charge on any atom is 0.263 e. The molecule has 2 rings (SSSR count). The van der Waals surface area contributed by atoms with Gasteiger partial charge < -0.3 is 10.6 Å². The monoisotopic (exact) mass is 289 g/mol. The molecule has 5 nitrogen and oxygen atoms in total. The summed E-state index contributed by atoms with van der Waals surface area (Å²) in [7, 11) is 0. The second-order valence-electron chi connectivity index (χ2n) is 4.14. The van der Waals surface area contributed by atoms with Crippen molar-refractivity contribution in [3.8, 4) is 0 Å². The fourth-order valence-electron chi connectivity index (χ4n) is 1.64. The van der Waals surface area contributed by atoms with Gasteiger partial charge in [0.25, 0.3) is 11.8 Å². The number of hydrogen-bond acceptors (Lipinski definition) is 4. The fourth-order valence-corrected chi connectivity index (χ4v) is 2.36. The molecular weight excluding hydrogens is 274 g/mol. The summed E-state index contributed by atoms with van der Waals surface area (Å²) in [4.78, 5) is 28.2. The molecule has 0 spiro atoms. The van der Waals surface area contributed by atoms with Gasteiger partial charge in [0.2, 0.25) is 0 Å². The van der Waals surface area contributed by atoms with Crippen LogP contribution in [0.2, 0.25) is 0 Å². The van der Waals surface area contributed by atoms with Gasteiger partial charge in [-0.15, -0.1) is 11.3 Å². The first-order chi connectivity index (χ1) is 9.68. The van der Waals surface area contributed by atoms with E-state index in [9.17, 15) is 9.59 Å². The third kappa shape index (κ3) is 3.64. The highest BCUT2D eigenvalue weighted by molar-refractivity contribution is 7.11. The van der Waals surface area contributed by atoms with Gasteiger partial charge in [-0.1, -0.05) is 18.2 Å². The third-order valence-electron chi connectivity index (χ3n) is 2.68. The van der Waals surface area contributed by atoms with Crippen molar-refractivity contribution in [2.75, 3.05) is 13.1 Å². The van der Waals surface area contributed by atoms with Gasteiger partial charge in [0.1, 0.15) is 4.88 Å². The van der Waals surface area contributed by atoms with E-state index >= 15 is 0 Å². The minimum absolute atomic E-state index is 0.145. The first-order valence-electron chi connectivity index (χ1n) is 6.20. The van der Waals surface area contributed by atoms with E-state index < -0.39 is 0 Å². The molecule has 0 atom stereocenters. The molecule has 1 aromatic heterocycles. The van der Waals surface area contributed by atoms with Crippen LogP contribution >= 0.6 is 11.3 Å². The predicted octanol–water partition coefficient (Wildman–Crippen LogP) is 1.61. The van der Waals surface area contributed by atoms with Crippen molar-refractivity contribution in [2.24, 2.45) is 0 Å². The highest BCUT2D eigenvalue weighted by atomic mass is 32.1. The number of rotatable bonds is 5. The highest BCUT2D eigenvalue weighted by Crippen LogP contribution is 2.11. The maximum atomic E-state index is 11.8. The van der Waals surface area contributed by atoms with Crippen LogP contribution in [-0.4, -0.2) is 29.9 Å². The van der Waals surface area contributed by atoms with Gasteiger partial charge in [0.15, 0.2) is 0 Å². The number of benzene rings is 1. The maximum absolute atomic E-state index is 11.8. The normalized spacial score (nSPS) is 10.1. The minimum Gasteiger partial charge on any atom is -0.350 e. The van der Waals surface area contributed by atoms with Gasteiger partial charge in [-0.25, -0.2) is 4.98 Å². The van der Waals surface area contributed by atoms with Crippen molar-refractivity contribution >= 4 is 23.2 Å². The summed E-state index contributed by atoms with van der Waals surface area (Å²) in [5.74, 6) is -0.298. The lowest BCUT2D eigenvalue weighted by Crippen LogP contribution is -2.34. The van der Waals surface area contributed by atoms with Crippen LogP contribution in [0.4, 0.5) is 0 Å². The van der Waals surface area contributed by atoms with Crippen molar-refractivity contribution < 1.29 is 9.59 Å². The molecule has 0 saturated heterocycles. The van der Waals surface area contributed by atoms with Gasteiger partial charge in [0, 0.05) is 18.7 Å². The van der Waals surface area contributed by atoms with E-state index in [1.165, 1.54) is 11.3 Å². The predicted molar refractivity (Wildman–Crippen MR) is 78.0 cm³/mol. The number of nitrogens with zero attached hydrogens (tertiary/aromatic N) is 1. The molecule has 0 saturated carbocycles. The molecule has 1 heterocycles. The molecule has 0 unspecified atom stereocenters. The minimum atomic E-state index is -0.154. The molecular formula is C14H15N3O2S. The number of aryl methyl sites for hydroxylation is 1. The zero-order chi connectivity index (χ0) is 14.4. The number of nitrogens with one attached hydrogen (secondary N) is 2. The van der Waals surface area contributed by atoms with Crippen molar-refractivity contribution in [3.05, 3.63) is 52.0 Å². The second-order valence-corrected chi connectivity index (χ2v) is 5.00. The summed E-state index contributed by atoms with van der Waals surface area (Å²) >= 11 is 1.31. The van der Waals surface area contributed by atoms with Crippen LogP contribution in [0.25, 0.3) is 0 Å². The number of carbonyl (C=O) groups is 2. The highest BCUT2D eigenvalue weighted by Gasteiger charge is 2.10. The van der Waals surface area contributed by atoms with Gasteiger partial charge in [-0.2, -0.15) is 0 Å². The third-order valence-corrected chi connectivity index (χ3v) is 3.61. The number of hydrogen-bond donors (Lipinski definition) is 2. The summed E-state index contributed by atoms with van der Waals surface area (Å²) in [5.41, 5.74) is 2.97. The molecule has 0 fully saturated rings. The van der Waals surface area contributed by atoms with Gasteiger partial charge in [-0.3, -0.25) is 9.59 Å². The molecule has 0 bridgehead atoms. The van der Waals surface area contributed by atoms with Crippen molar-refractivity contribution in [1.29, 1.82) is 0 Å². The van der Waals surface area contributed by atoms with Crippen LogP contribution in [0.15, 0.2) is 35.8 Å². The lowest BCUT2D eigenvalue weighted by molar-refractivity contribution is 0.0929. The Morgan fingerprint density at radius 2 is 1.75 bits per heavy atom. The summed E-state index contributed by atoms with van der Waals surface area (Å²) < 4.78 is 0. The average Bonchev–Trinajstić information content (AvgIpc) is 2.90. The van der Waals surface area contributed by atoms with Crippen molar-refractivity contribution in [3.63, 3.8) is 0 Å². The topological polar surface area (TPSA) is 71.1 Å². The molecule has 0 radical (unpaired) electrons. The smallest absolute Gasteiger partial charge is 0.263 e. The fraction of sp³-hybridized carbons (Fsp3) is 0.214. The second kappa shape index (κ2) is 6.81. The zero-order valence-electron chi connectivity index (χ0n) is 11.1. The van der Waals surface area contributed by atoms with E-state index in [-0.39, 0.29) is 11.8 Å². The van der Waals surface area contributed by atoms with E-state index in [1.807, 2.05) is 18.2 Å².